The van der Waals surface area contributed by atoms with Crippen molar-refractivity contribution >= 4 is 5.91 Å². The van der Waals surface area contributed by atoms with Gasteiger partial charge in [0.25, 0.3) is 0 Å². The molecule has 0 aliphatic carbocycles. The van der Waals surface area contributed by atoms with Gasteiger partial charge in [-0.15, -0.1) is 6.58 Å². The van der Waals surface area contributed by atoms with Crippen LogP contribution in [0.4, 0.5) is 0 Å². The standard InChI is InChI=1S/C10H21N3O/c1-5-6-12-10(14)9(2)11-7-8-13(3)4/h5,9,11H,1,6-8H2,2-4H3,(H,12,14). The third-order valence-corrected chi connectivity index (χ3v) is 1.82. The van der Waals surface area contributed by atoms with Crippen LogP contribution in [0.25, 0.3) is 0 Å². The number of rotatable bonds is 7. The van der Waals surface area contributed by atoms with Gasteiger partial charge in [0.2, 0.25) is 5.91 Å². The normalized spacial score (nSPS) is 12.6. The third-order valence-electron chi connectivity index (χ3n) is 1.82. The number of carbonyl (C=O) groups is 1. The Morgan fingerprint density at radius 1 is 1.57 bits per heavy atom. The lowest BCUT2D eigenvalue weighted by atomic mass is 10.3. The van der Waals surface area contributed by atoms with E-state index in [-0.39, 0.29) is 11.9 Å². The number of nitrogens with one attached hydrogen (secondary N) is 2. The molecule has 14 heavy (non-hydrogen) atoms. The molecule has 0 aliphatic heterocycles. The van der Waals surface area contributed by atoms with Gasteiger partial charge in [0.15, 0.2) is 0 Å². The van der Waals surface area contributed by atoms with E-state index in [1.165, 1.54) is 0 Å². The van der Waals surface area contributed by atoms with Gasteiger partial charge in [0.05, 0.1) is 6.04 Å². The van der Waals surface area contributed by atoms with E-state index in [0.717, 1.165) is 13.1 Å². The number of nitrogens with zero attached hydrogens (tertiary/aromatic N) is 1. The van der Waals surface area contributed by atoms with Crippen LogP contribution in [0.15, 0.2) is 12.7 Å². The lowest BCUT2D eigenvalue weighted by Crippen LogP contribution is -2.44. The van der Waals surface area contributed by atoms with E-state index >= 15 is 0 Å². The molecular weight excluding hydrogens is 178 g/mol. The molecule has 0 aromatic carbocycles. The summed E-state index contributed by atoms with van der Waals surface area (Å²) in [7, 11) is 4.01. The van der Waals surface area contributed by atoms with Gasteiger partial charge in [-0.25, -0.2) is 0 Å². The first kappa shape index (κ1) is 13.1. The summed E-state index contributed by atoms with van der Waals surface area (Å²) in [5, 5.41) is 5.87. The van der Waals surface area contributed by atoms with Crippen LogP contribution in [0.5, 0.6) is 0 Å². The highest BCUT2D eigenvalue weighted by Gasteiger charge is 2.09. The molecule has 0 saturated carbocycles. The van der Waals surface area contributed by atoms with Crippen molar-refractivity contribution in [1.82, 2.24) is 15.5 Å². The zero-order valence-corrected chi connectivity index (χ0v) is 9.34. The molecular formula is C10H21N3O. The van der Waals surface area contributed by atoms with Gasteiger partial charge in [0.1, 0.15) is 0 Å². The van der Waals surface area contributed by atoms with Gasteiger partial charge in [0, 0.05) is 19.6 Å². The highest BCUT2D eigenvalue weighted by Crippen LogP contribution is 1.82. The van der Waals surface area contributed by atoms with Crippen LogP contribution in [-0.2, 0) is 4.79 Å². The van der Waals surface area contributed by atoms with Gasteiger partial charge in [-0.05, 0) is 21.0 Å². The summed E-state index contributed by atoms with van der Waals surface area (Å²) < 4.78 is 0. The fraction of sp³-hybridized carbons (Fsp3) is 0.700. The molecule has 1 amide bonds. The molecule has 82 valence electrons. The molecule has 0 radical (unpaired) electrons. The molecule has 0 heterocycles. The Balaban J connectivity index is 3.56. The van der Waals surface area contributed by atoms with Crippen molar-refractivity contribution in [3.63, 3.8) is 0 Å². The number of carbonyl (C=O) groups excluding carboxylic acids is 1. The van der Waals surface area contributed by atoms with E-state index in [9.17, 15) is 4.79 Å². The van der Waals surface area contributed by atoms with Gasteiger partial charge in [-0.1, -0.05) is 6.08 Å². The maximum Gasteiger partial charge on any atom is 0.237 e. The number of amides is 1. The lowest BCUT2D eigenvalue weighted by Gasteiger charge is -2.15. The molecule has 4 nitrogen and oxygen atoms in total. The SMILES string of the molecule is C=CCNC(=O)C(C)NCCN(C)C. The lowest BCUT2D eigenvalue weighted by molar-refractivity contribution is -0.122. The highest BCUT2D eigenvalue weighted by molar-refractivity contribution is 5.81. The molecule has 0 spiro atoms. The van der Waals surface area contributed by atoms with Crippen molar-refractivity contribution in [2.45, 2.75) is 13.0 Å². The minimum atomic E-state index is -0.144. The minimum absolute atomic E-state index is 0.0173. The zero-order chi connectivity index (χ0) is 11.0. The molecule has 0 saturated heterocycles. The average Bonchev–Trinajstić information content (AvgIpc) is 2.13. The molecule has 2 N–H and O–H groups in total. The van der Waals surface area contributed by atoms with E-state index in [1.54, 1.807) is 6.08 Å². The minimum Gasteiger partial charge on any atom is -0.351 e. The van der Waals surface area contributed by atoms with Crippen molar-refractivity contribution < 1.29 is 4.79 Å². The monoisotopic (exact) mass is 199 g/mol. The Labute approximate surface area is 86.4 Å². The van der Waals surface area contributed by atoms with Gasteiger partial charge >= 0.3 is 0 Å². The Kier molecular flexibility index (Phi) is 7.06. The van der Waals surface area contributed by atoms with Gasteiger partial charge in [-0.2, -0.15) is 0 Å². The fourth-order valence-corrected chi connectivity index (χ4v) is 0.923. The van der Waals surface area contributed by atoms with Crippen molar-refractivity contribution in [2.24, 2.45) is 0 Å². The van der Waals surface area contributed by atoms with E-state index in [0.29, 0.717) is 6.54 Å². The van der Waals surface area contributed by atoms with Crippen LogP contribution < -0.4 is 10.6 Å². The summed E-state index contributed by atoms with van der Waals surface area (Å²) in [5.74, 6) is 0.0173. The first-order valence-electron chi connectivity index (χ1n) is 4.84. The molecule has 4 heteroatoms. The summed E-state index contributed by atoms with van der Waals surface area (Å²) in [5.41, 5.74) is 0. The van der Waals surface area contributed by atoms with Crippen LogP contribution >= 0.6 is 0 Å². The van der Waals surface area contributed by atoms with Crippen molar-refractivity contribution in [3.05, 3.63) is 12.7 Å². The smallest absolute Gasteiger partial charge is 0.237 e. The van der Waals surface area contributed by atoms with E-state index in [2.05, 4.69) is 22.1 Å². The maximum atomic E-state index is 11.3. The topological polar surface area (TPSA) is 44.4 Å². The van der Waals surface area contributed by atoms with Crippen LogP contribution in [0.2, 0.25) is 0 Å². The predicted octanol–water partition coefficient (Wildman–Crippen LogP) is -0.172. The summed E-state index contributed by atoms with van der Waals surface area (Å²) in [4.78, 5) is 13.4. The molecule has 0 aromatic heterocycles. The average molecular weight is 199 g/mol. The van der Waals surface area contributed by atoms with Crippen molar-refractivity contribution in [2.75, 3.05) is 33.7 Å². The first-order valence-corrected chi connectivity index (χ1v) is 4.84. The molecule has 0 aromatic rings. The Morgan fingerprint density at radius 3 is 2.71 bits per heavy atom. The third kappa shape index (κ3) is 6.62. The predicted molar refractivity (Wildman–Crippen MR) is 59.2 cm³/mol. The fourth-order valence-electron chi connectivity index (χ4n) is 0.923. The summed E-state index contributed by atoms with van der Waals surface area (Å²) in [6, 6.07) is -0.144. The van der Waals surface area contributed by atoms with Gasteiger partial charge < -0.3 is 15.5 Å². The van der Waals surface area contributed by atoms with E-state index in [4.69, 9.17) is 0 Å². The van der Waals surface area contributed by atoms with Crippen LogP contribution in [0.3, 0.4) is 0 Å². The maximum absolute atomic E-state index is 11.3. The summed E-state index contributed by atoms with van der Waals surface area (Å²) in [6.07, 6.45) is 1.67. The molecule has 1 unspecified atom stereocenters. The van der Waals surface area contributed by atoms with E-state index < -0.39 is 0 Å². The van der Waals surface area contributed by atoms with E-state index in [1.807, 2.05) is 21.0 Å². The number of likely N-dealkylation sites (N-methyl/N-ethyl adjacent to an activating group) is 1. The quantitative estimate of drug-likeness (QED) is 0.559. The van der Waals surface area contributed by atoms with Crippen LogP contribution in [0, 0.1) is 0 Å². The zero-order valence-electron chi connectivity index (χ0n) is 9.34. The number of hydrogen-bond donors (Lipinski definition) is 2. The Bertz CT molecular complexity index is 180. The summed E-state index contributed by atoms with van der Waals surface area (Å²) >= 11 is 0. The molecule has 0 rings (SSSR count). The Morgan fingerprint density at radius 2 is 2.21 bits per heavy atom. The van der Waals surface area contributed by atoms with Crippen molar-refractivity contribution in [1.29, 1.82) is 0 Å². The van der Waals surface area contributed by atoms with Crippen LogP contribution in [0.1, 0.15) is 6.92 Å². The molecule has 1 atom stereocenters. The second kappa shape index (κ2) is 7.53. The Hall–Kier alpha value is -0.870. The number of hydrogen-bond acceptors (Lipinski definition) is 3. The second-order valence-electron chi connectivity index (χ2n) is 3.51. The molecule has 0 aliphatic rings. The largest absolute Gasteiger partial charge is 0.351 e. The molecule has 0 fully saturated rings. The first-order chi connectivity index (χ1) is 6.57. The molecule has 0 bridgehead atoms. The van der Waals surface area contributed by atoms with Gasteiger partial charge in [-0.3, -0.25) is 4.79 Å². The van der Waals surface area contributed by atoms with Crippen LogP contribution in [-0.4, -0.2) is 50.6 Å². The van der Waals surface area contributed by atoms with Crippen molar-refractivity contribution in [3.8, 4) is 0 Å². The highest BCUT2D eigenvalue weighted by atomic mass is 16.2. The second-order valence-corrected chi connectivity index (χ2v) is 3.51. The summed E-state index contributed by atoms with van der Waals surface area (Å²) in [6.45, 7) is 7.66.